The molecule has 0 radical (unpaired) electrons. The van der Waals surface area contributed by atoms with Crippen molar-refractivity contribution in [1.82, 2.24) is 9.88 Å². The number of rotatable bonds is 3. The smallest absolute Gasteiger partial charge is 0.257 e. The third-order valence-corrected chi connectivity index (χ3v) is 4.86. The molecule has 1 aliphatic rings. The van der Waals surface area contributed by atoms with E-state index in [1.165, 1.54) is 0 Å². The van der Waals surface area contributed by atoms with Gasteiger partial charge in [-0.3, -0.25) is 9.59 Å². The van der Waals surface area contributed by atoms with Crippen molar-refractivity contribution in [1.29, 1.82) is 0 Å². The van der Waals surface area contributed by atoms with Crippen molar-refractivity contribution >= 4 is 28.4 Å². The first-order valence-electron chi connectivity index (χ1n) is 8.37. The molecule has 1 N–H and O–H groups in total. The fourth-order valence-electron chi connectivity index (χ4n) is 3.15. The third kappa shape index (κ3) is 2.84. The zero-order valence-corrected chi connectivity index (χ0v) is 15.0. The standard InChI is InChI=1S/C20H17ClN2O3/c1-12-2-4-13(5-3-12)10-22-20(25)14-11-23-8-9-26-16-7-6-15(21)17(18(16)23)19(14)24/h2-7,11H,8-10H2,1H3,(H,22,25). The lowest BCUT2D eigenvalue weighted by Crippen LogP contribution is -2.31. The second-order valence-corrected chi connectivity index (χ2v) is 6.76. The molecule has 0 aliphatic carbocycles. The maximum Gasteiger partial charge on any atom is 0.257 e. The minimum absolute atomic E-state index is 0.0885. The van der Waals surface area contributed by atoms with E-state index < -0.39 is 5.91 Å². The maximum atomic E-state index is 12.9. The summed E-state index contributed by atoms with van der Waals surface area (Å²) in [6.45, 7) is 3.40. The van der Waals surface area contributed by atoms with Gasteiger partial charge in [0.2, 0.25) is 5.43 Å². The van der Waals surface area contributed by atoms with E-state index in [0.717, 1.165) is 11.1 Å². The molecule has 6 heteroatoms. The Morgan fingerprint density at radius 2 is 2.00 bits per heavy atom. The Morgan fingerprint density at radius 1 is 1.23 bits per heavy atom. The van der Waals surface area contributed by atoms with Crippen LogP contribution in [0, 0.1) is 6.92 Å². The van der Waals surface area contributed by atoms with Gasteiger partial charge in [-0.25, -0.2) is 0 Å². The first kappa shape index (κ1) is 16.7. The van der Waals surface area contributed by atoms with Gasteiger partial charge in [0.05, 0.1) is 22.5 Å². The number of ether oxygens (including phenoxy) is 1. The van der Waals surface area contributed by atoms with Crippen LogP contribution in [0.1, 0.15) is 21.5 Å². The number of nitrogens with one attached hydrogen (secondary N) is 1. The highest BCUT2D eigenvalue weighted by Crippen LogP contribution is 2.31. The van der Waals surface area contributed by atoms with Crippen molar-refractivity contribution in [2.45, 2.75) is 20.0 Å². The van der Waals surface area contributed by atoms with E-state index in [-0.39, 0.29) is 11.0 Å². The van der Waals surface area contributed by atoms with Crippen LogP contribution in [0.2, 0.25) is 5.02 Å². The van der Waals surface area contributed by atoms with Crippen LogP contribution in [0.25, 0.3) is 10.9 Å². The van der Waals surface area contributed by atoms with E-state index in [2.05, 4.69) is 5.32 Å². The second-order valence-electron chi connectivity index (χ2n) is 6.35. The van der Waals surface area contributed by atoms with E-state index in [1.807, 2.05) is 35.8 Å². The Morgan fingerprint density at radius 3 is 2.77 bits per heavy atom. The number of aromatic nitrogens is 1. The quantitative estimate of drug-likeness (QED) is 0.771. The van der Waals surface area contributed by atoms with Gasteiger partial charge in [-0.15, -0.1) is 0 Å². The topological polar surface area (TPSA) is 60.3 Å². The summed E-state index contributed by atoms with van der Waals surface area (Å²) in [7, 11) is 0. The van der Waals surface area contributed by atoms with Crippen LogP contribution >= 0.6 is 11.6 Å². The number of pyridine rings is 1. The van der Waals surface area contributed by atoms with Gasteiger partial charge in [-0.05, 0) is 24.6 Å². The van der Waals surface area contributed by atoms with Gasteiger partial charge in [0, 0.05) is 12.7 Å². The number of carbonyl (C=O) groups excluding carboxylic acids is 1. The van der Waals surface area contributed by atoms with Gasteiger partial charge in [0.1, 0.15) is 17.9 Å². The van der Waals surface area contributed by atoms with Crippen molar-refractivity contribution < 1.29 is 9.53 Å². The lowest BCUT2D eigenvalue weighted by Gasteiger charge is -2.22. The summed E-state index contributed by atoms with van der Waals surface area (Å²) in [5.41, 5.74) is 2.48. The van der Waals surface area contributed by atoms with Crippen LogP contribution < -0.4 is 15.5 Å². The summed E-state index contributed by atoms with van der Waals surface area (Å²) in [5.74, 6) is 0.202. The van der Waals surface area contributed by atoms with Crippen LogP contribution in [-0.2, 0) is 13.1 Å². The Balaban J connectivity index is 1.71. The molecular formula is C20H17ClN2O3. The van der Waals surface area contributed by atoms with Gasteiger partial charge in [-0.2, -0.15) is 0 Å². The fraction of sp³-hybridized carbons (Fsp3) is 0.200. The fourth-order valence-corrected chi connectivity index (χ4v) is 3.39. The molecular weight excluding hydrogens is 352 g/mol. The average Bonchev–Trinajstić information content (AvgIpc) is 2.65. The van der Waals surface area contributed by atoms with Gasteiger partial charge < -0.3 is 14.6 Å². The van der Waals surface area contributed by atoms with Gasteiger partial charge >= 0.3 is 0 Å². The molecule has 1 aliphatic heterocycles. The number of hydrogen-bond acceptors (Lipinski definition) is 3. The molecule has 0 saturated carbocycles. The molecule has 0 bridgehead atoms. The van der Waals surface area contributed by atoms with Crippen molar-refractivity contribution in [3.05, 3.63) is 74.5 Å². The molecule has 0 unspecified atom stereocenters. The number of carbonyl (C=O) groups is 1. The summed E-state index contributed by atoms with van der Waals surface area (Å²) in [6, 6.07) is 11.2. The first-order valence-corrected chi connectivity index (χ1v) is 8.74. The normalized spacial score (nSPS) is 12.7. The van der Waals surface area contributed by atoms with Crippen LogP contribution in [0.5, 0.6) is 5.75 Å². The van der Waals surface area contributed by atoms with E-state index in [9.17, 15) is 9.59 Å². The van der Waals surface area contributed by atoms with Crippen LogP contribution in [0.3, 0.4) is 0 Å². The van der Waals surface area contributed by atoms with Crippen molar-refractivity contribution in [2.75, 3.05) is 6.61 Å². The molecule has 4 rings (SSSR count). The summed E-state index contributed by atoms with van der Waals surface area (Å²) >= 11 is 6.25. The van der Waals surface area contributed by atoms with Crippen LogP contribution in [0.4, 0.5) is 0 Å². The molecule has 1 aromatic heterocycles. The lowest BCUT2D eigenvalue weighted by molar-refractivity contribution is 0.0949. The highest BCUT2D eigenvalue weighted by Gasteiger charge is 2.22. The molecule has 26 heavy (non-hydrogen) atoms. The van der Waals surface area contributed by atoms with Gasteiger partial charge in [-0.1, -0.05) is 41.4 Å². The summed E-state index contributed by atoms with van der Waals surface area (Å²) in [5, 5.41) is 3.46. The van der Waals surface area contributed by atoms with E-state index in [4.69, 9.17) is 16.3 Å². The largest absolute Gasteiger partial charge is 0.490 e. The Hall–Kier alpha value is -2.79. The number of halogens is 1. The highest BCUT2D eigenvalue weighted by atomic mass is 35.5. The van der Waals surface area contributed by atoms with E-state index in [0.29, 0.717) is 41.4 Å². The molecule has 3 aromatic rings. The Labute approximate surface area is 155 Å². The number of hydrogen-bond donors (Lipinski definition) is 1. The van der Waals surface area contributed by atoms with E-state index in [1.54, 1.807) is 18.3 Å². The molecule has 0 fully saturated rings. The van der Waals surface area contributed by atoms with Crippen LogP contribution in [0.15, 0.2) is 47.4 Å². The SMILES string of the molecule is Cc1ccc(CNC(=O)c2cn3c4c(ccc(Cl)c4c2=O)OCC3)cc1. The Kier molecular flexibility index (Phi) is 4.17. The number of nitrogens with zero attached hydrogens (tertiary/aromatic N) is 1. The zero-order valence-electron chi connectivity index (χ0n) is 14.2. The third-order valence-electron chi connectivity index (χ3n) is 4.54. The molecule has 2 heterocycles. The monoisotopic (exact) mass is 368 g/mol. The molecule has 0 atom stereocenters. The van der Waals surface area contributed by atoms with Crippen molar-refractivity contribution in [2.24, 2.45) is 0 Å². The van der Waals surface area contributed by atoms with Gasteiger partial charge in [0.25, 0.3) is 5.91 Å². The molecule has 132 valence electrons. The highest BCUT2D eigenvalue weighted by molar-refractivity contribution is 6.35. The van der Waals surface area contributed by atoms with Crippen molar-refractivity contribution in [3.8, 4) is 5.75 Å². The van der Waals surface area contributed by atoms with Gasteiger partial charge in [0.15, 0.2) is 0 Å². The predicted molar refractivity (Wildman–Crippen MR) is 101 cm³/mol. The lowest BCUT2D eigenvalue weighted by atomic mass is 10.1. The molecule has 0 saturated heterocycles. The summed E-state index contributed by atoms with van der Waals surface area (Å²) in [4.78, 5) is 25.5. The Bertz CT molecular complexity index is 1070. The number of benzene rings is 2. The molecule has 0 spiro atoms. The average molecular weight is 369 g/mol. The number of aryl methyl sites for hydroxylation is 1. The van der Waals surface area contributed by atoms with Crippen LogP contribution in [-0.4, -0.2) is 17.1 Å². The number of amides is 1. The zero-order chi connectivity index (χ0) is 18.3. The predicted octanol–water partition coefficient (Wildman–Crippen LogP) is 3.29. The maximum absolute atomic E-state index is 12.9. The molecule has 2 aromatic carbocycles. The second kappa shape index (κ2) is 6.50. The molecule has 1 amide bonds. The summed E-state index contributed by atoms with van der Waals surface area (Å²) in [6.07, 6.45) is 1.59. The minimum atomic E-state index is -0.408. The summed E-state index contributed by atoms with van der Waals surface area (Å²) < 4.78 is 7.47. The molecule has 5 nitrogen and oxygen atoms in total. The first-order chi connectivity index (χ1) is 12.5. The minimum Gasteiger partial charge on any atom is -0.490 e. The van der Waals surface area contributed by atoms with E-state index >= 15 is 0 Å². The van der Waals surface area contributed by atoms with Crippen molar-refractivity contribution in [3.63, 3.8) is 0 Å².